The number of aliphatic imine (C=N–C) groups is 1. The molecule has 372 valence electrons. The van der Waals surface area contributed by atoms with Gasteiger partial charge in [-0.05, 0) is 82.6 Å². The highest BCUT2D eigenvalue weighted by Gasteiger charge is 2.35. The smallest absolute Gasteiger partial charge is 0.245 e. The number of nitrogens with two attached hydrogens (primary N) is 4. The SMILES string of the molecule is CC(=O)N[C@@H](CCCN=C(N)N)C(=O)N[C@@H](CC(C)C)C(=O)N[C@@H](CC(C)C)C(=O)N[C@H](C(=O)N[C@@H](CCCCN)C(=O)N[C@@H](CC(C)C)C(=O)NCC(=O)N[C@@H](CO)C(N)=O)[C@@H](C)O. The van der Waals surface area contributed by atoms with Crippen LogP contribution in [-0.2, 0) is 43.2 Å². The molecule has 0 rings (SSSR count). The van der Waals surface area contributed by atoms with Crippen LogP contribution in [0.15, 0.2) is 4.99 Å². The summed E-state index contributed by atoms with van der Waals surface area (Å²) in [6.07, 6.45) is 0.154. The van der Waals surface area contributed by atoms with E-state index in [0.717, 1.165) is 0 Å². The number of nitrogens with zero attached hydrogens (tertiary/aromatic N) is 1. The Kier molecular flexibility index (Phi) is 28.6. The minimum Gasteiger partial charge on any atom is -0.394 e. The topological polar surface area (TPSA) is 407 Å². The van der Waals surface area contributed by atoms with Crippen molar-refractivity contribution in [2.75, 3.05) is 26.2 Å². The second-order valence-electron chi connectivity index (χ2n) is 17.3. The summed E-state index contributed by atoms with van der Waals surface area (Å²) in [5.41, 5.74) is 21.6. The third-order valence-electron chi connectivity index (χ3n) is 9.59. The van der Waals surface area contributed by atoms with Gasteiger partial charge in [-0.25, -0.2) is 0 Å². The molecule has 0 saturated heterocycles. The van der Waals surface area contributed by atoms with E-state index >= 15 is 0 Å². The fraction of sp³-hybridized carbons (Fsp3) is 0.756. The third-order valence-corrected chi connectivity index (χ3v) is 9.59. The lowest BCUT2D eigenvalue weighted by atomic mass is 9.99. The summed E-state index contributed by atoms with van der Waals surface area (Å²) in [6.45, 7) is 12.4. The lowest BCUT2D eigenvalue weighted by Gasteiger charge is -2.29. The molecule has 0 aromatic heterocycles. The van der Waals surface area contributed by atoms with Crippen molar-refractivity contribution < 1.29 is 53.4 Å². The van der Waals surface area contributed by atoms with Crippen LogP contribution < -0.4 is 65.5 Å². The lowest BCUT2D eigenvalue weighted by molar-refractivity contribution is -0.137. The zero-order valence-electron chi connectivity index (χ0n) is 39.2. The molecule has 0 radical (unpaired) electrons. The van der Waals surface area contributed by atoms with E-state index in [9.17, 15) is 53.4 Å². The minimum atomic E-state index is -1.64. The van der Waals surface area contributed by atoms with Crippen LogP contribution in [0.3, 0.4) is 0 Å². The molecular formula is C41H77N13O11. The first-order valence-electron chi connectivity index (χ1n) is 22.0. The molecule has 0 bridgehead atoms. The first kappa shape index (κ1) is 59.4. The number of aliphatic hydroxyl groups is 2. The number of hydrogen-bond donors (Lipinski definition) is 14. The maximum atomic E-state index is 13.9. The van der Waals surface area contributed by atoms with Crippen molar-refractivity contribution >= 4 is 59.1 Å². The molecule has 0 aliphatic rings. The van der Waals surface area contributed by atoms with Gasteiger partial charge in [-0.3, -0.25) is 48.1 Å². The molecule has 0 heterocycles. The summed E-state index contributed by atoms with van der Waals surface area (Å²) in [7, 11) is 0. The van der Waals surface area contributed by atoms with E-state index < -0.39 is 115 Å². The molecule has 18 N–H and O–H groups in total. The molecule has 65 heavy (non-hydrogen) atoms. The molecule has 0 saturated carbocycles. The molecule has 24 nitrogen and oxygen atoms in total. The monoisotopic (exact) mass is 928 g/mol. The van der Waals surface area contributed by atoms with Crippen LogP contribution in [-0.4, -0.2) is 144 Å². The van der Waals surface area contributed by atoms with Crippen LogP contribution in [0.2, 0.25) is 0 Å². The Labute approximate surface area is 381 Å². The number of carbonyl (C=O) groups excluding carboxylic acids is 9. The lowest BCUT2D eigenvalue weighted by Crippen LogP contribution is -2.62. The van der Waals surface area contributed by atoms with E-state index in [0.29, 0.717) is 19.3 Å². The first-order chi connectivity index (χ1) is 30.3. The maximum absolute atomic E-state index is 13.9. The summed E-state index contributed by atoms with van der Waals surface area (Å²) < 4.78 is 0. The van der Waals surface area contributed by atoms with E-state index in [1.165, 1.54) is 13.8 Å². The highest BCUT2D eigenvalue weighted by Crippen LogP contribution is 2.12. The van der Waals surface area contributed by atoms with Crippen molar-refractivity contribution in [2.45, 2.75) is 155 Å². The van der Waals surface area contributed by atoms with Gasteiger partial charge in [0.25, 0.3) is 0 Å². The van der Waals surface area contributed by atoms with Crippen molar-refractivity contribution in [1.82, 2.24) is 42.5 Å². The van der Waals surface area contributed by atoms with E-state index in [1.54, 1.807) is 27.7 Å². The number of carbonyl (C=O) groups is 9. The van der Waals surface area contributed by atoms with Crippen LogP contribution in [0, 0.1) is 17.8 Å². The van der Waals surface area contributed by atoms with Crippen LogP contribution in [0.1, 0.15) is 107 Å². The number of nitrogens with one attached hydrogen (secondary N) is 8. The standard InChI is InChI=1S/C41H77N13O11/c1-21(2)16-28(35(60)47-19-32(58)49-31(20-55)34(43)59)51-37(62)27(12-9-10-14-42)50-40(65)33(24(7)56)54-39(64)30(18-23(5)6)53-38(63)29(17-22(3)4)52-36(61)26(48-25(8)57)13-11-15-46-41(44)45/h21-24,26-31,33,55-56H,9-20,42H2,1-8H3,(H2,43,59)(H,47,60)(H,48,57)(H,49,58)(H,50,65)(H,51,62)(H,52,61)(H,53,63)(H,54,64)(H4,44,45,46)/t24-,26+,27+,28+,29+,30+,31+,33+/m1/s1. The van der Waals surface area contributed by atoms with Crippen molar-refractivity contribution in [1.29, 1.82) is 0 Å². The summed E-state index contributed by atoms with van der Waals surface area (Å²) >= 11 is 0. The van der Waals surface area contributed by atoms with Gasteiger partial charge in [0, 0.05) is 13.5 Å². The number of rotatable bonds is 32. The minimum absolute atomic E-state index is 0.0391. The largest absolute Gasteiger partial charge is 0.394 e. The number of aliphatic hydroxyl groups excluding tert-OH is 2. The molecule has 0 aromatic carbocycles. The van der Waals surface area contributed by atoms with Gasteiger partial charge in [-0.2, -0.15) is 0 Å². The van der Waals surface area contributed by atoms with Crippen LogP contribution >= 0.6 is 0 Å². The quantitative estimate of drug-likeness (QED) is 0.0173. The van der Waals surface area contributed by atoms with Gasteiger partial charge in [-0.1, -0.05) is 41.5 Å². The van der Waals surface area contributed by atoms with Gasteiger partial charge < -0.3 is 75.7 Å². The van der Waals surface area contributed by atoms with Gasteiger partial charge in [-0.15, -0.1) is 0 Å². The highest BCUT2D eigenvalue weighted by atomic mass is 16.3. The van der Waals surface area contributed by atoms with E-state index in [1.807, 2.05) is 13.8 Å². The fourth-order valence-corrected chi connectivity index (χ4v) is 6.37. The van der Waals surface area contributed by atoms with Crippen LogP contribution in [0.4, 0.5) is 0 Å². The van der Waals surface area contributed by atoms with Crippen molar-refractivity contribution in [2.24, 2.45) is 45.7 Å². The fourth-order valence-electron chi connectivity index (χ4n) is 6.37. The van der Waals surface area contributed by atoms with E-state index in [-0.39, 0.29) is 68.9 Å². The van der Waals surface area contributed by atoms with Crippen molar-refractivity contribution in [3.05, 3.63) is 0 Å². The number of hydrogen-bond acceptors (Lipinski definition) is 13. The Morgan fingerprint density at radius 2 is 0.969 bits per heavy atom. The maximum Gasteiger partial charge on any atom is 0.245 e. The number of unbranched alkanes of at least 4 members (excludes halogenated alkanes) is 1. The average molecular weight is 928 g/mol. The van der Waals surface area contributed by atoms with Crippen molar-refractivity contribution in [3.63, 3.8) is 0 Å². The molecule has 8 atom stereocenters. The Morgan fingerprint density at radius 3 is 1.38 bits per heavy atom. The predicted octanol–water partition coefficient (Wildman–Crippen LogP) is -4.30. The predicted molar refractivity (Wildman–Crippen MR) is 241 cm³/mol. The van der Waals surface area contributed by atoms with Gasteiger partial charge in [0.2, 0.25) is 53.2 Å². The van der Waals surface area contributed by atoms with Gasteiger partial charge in [0.1, 0.15) is 42.3 Å². The zero-order valence-corrected chi connectivity index (χ0v) is 39.2. The van der Waals surface area contributed by atoms with Crippen LogP contribution in [0.5, 0.6) is 0 Å². The molecular weight excluding hydrogens is 851 g/mol. The zero-order chi connectivity index (χ0) is 50.0. The molecule has 0 fully saturated rings. The number of amides is 9. The van der Waals surface area contributed by atoms with Crippen molar-refractivity contribution in [3.8, 4) is 0 Å². The van der Waals surface area contributed by atoms with Gasteiger partial charge in [0.05, 0.1) is 19.3 Å². The summed E-state index contributed by atoms with van der Waals surface area (Å²) in [4.78, 5) is 122. The summed E-state index contributed by atoms with van der Waals surface area (Å²) in [5.74, 6) is -7.58. The number of primary amides is 1. The molecule has 0 spiro atoms. The first-order valence-corrected chi connectivity index (χ1v) is 22.0. The number of guanidine groups is 1. The van der Waals surface area contributed by atoms with Crippen LogP contribution in [0.25, 0.3) is 0 Å². The van der Waals surface area contributed by atoms with E-state index in [2.05, 4.69) is 47.5 Å². The molecule has 24 heteroatoms. The normalized spacial score (nSPS) is 14.9. The molecule has 9 amide bonds. The Bertz CT molecular complexity index is 1610. The summed E-state index contributed by atoms with van der Waals surface area (Å²) in [6, 6.07) is -8.95. The molecule has 0 unspecified atom stereocenters. The second-order valence-corrected chi connectivity index (χ2v) is 17.3. The molecule has 0 aliphatic heterocycles. The second kappa shape index (κ2) is 31.3. The van der Waals surface area contributed by atoms with Gasteiger partial charge >= 0.3 is 0 Å². The Balaban J connectivity index is 6.33. The van der Waals surface area contributed by atoms with Gasteiger partial charge in [0.15, 0.2) is 5.96 Å². The molecule has 0 aliphatic carbocycles. The van der Waals surface area contributed by atoms with E-state index in [4.69, 9.17) is 22.9 Å². The average Bonchev–Trinajstić information content (AvgIpc) is 3.19. The summed E-state index contributed by atoms with van der Waals surface area (Å²) in [5, 5.41) is 40.2. The molecule has 0 aromatic rings. The Hall–Kier alpha value is -5.62. The Morgan fingerprint density at radius 1 is 0.538 bits per heavy atom. The third kappa shape index (κ3) is 25.5. The highest BCUT2D eigenvalue weighted by molar-refractivity contribution is 5.97.